The maximum absolute atomic E-state index is 11.2. The summed E-state index contributed by atoms with van der Waals surface area (Å²) in [4.78, 5) is 11.2. The number of hydrogen-bond donors (Lipinski definition) is 1. The molecule has 0 saturated heterocycles. The highest BCUT2D eigenvalue weighted by Crippen LogP contribution is 2.41. The Kier molecular flexibility index (Phi) is 5.56. The van der Waals surface area contributed by atoms with Crippen molar-refractivity contribution >= 4 is 5.97 Å². The molecule has 0 aromatic heterocycles. The van der Waals surface area contributed by atoms with Gasteiger partial charge in [-0.25, -0.2) is 0 Å². The Bertz CT molecular complexity index is 563. The number of rotatable bonds is 6. The Hall–Kier alpha value is -1.51. The van der Waals surface area contributed by atoms with Gasteiger partial charge in [-0.3, -0.25) is 4.79 Å². The van der Waals surface area contributed by atoms with Gasteiger partial charge in [0, 0.05) is 11.0 Å². The third kappa shape index (κ3) is 5.26. The molecule has 3 nitrogen and oxygen atoms in total. The predicted octanol–water partition coefficient (Wildman–Crippen LogP) is 5.16. The second-order valence-corrected chi connectivity index (χ2v) is 8.99. The standard InChI is InChI=1S/C20H32O3/c1-18(2,3)13-20(6,7)14-9-10-16(23-8)15(11-14)19(4,5)12-17(21)22/h9-11H,12-13H2,1-8H3,(H,21,22). The van der Waals surface area contributed by atoms with Gasteiger partial charge in [-0.2, -0.15) is 0 Å². The van der Waals surface area contributed by atoms with Gasteiger partial charge in [-0.15, -0.1) is 0 Å². The van der Waals surface area contributed by atoms with Crippen LogP contribution in [0.2, 0.25) is 0 Å². The van der Waals surface area contributed by atoms with E-state index in [1.54, 1.807) is 7.11 Å². The Morgan fingerprint density at radius 3 is 2.04 bits per heavy atom. The van der Waals surface area contributed by atoms with Gasteiger partial charge in [0.1, 0.15) is 5.75 Å². The van der Waals surface area contributed by atoms with E-state index in [1.165, 1.54) is 5.56 Å². The molecule has 0 bridgehead atoms. The molecule has 130 valence electrons. The topological polar surface area (TPSA) is 46.5 Å². The van der Waals surface area contributed by atoms with Crippen LogP contribution in [-0.2, 0) is 15.6 Å². The van der Waals surface area contributed by atoms with Gasteiger partial charge in [0.2, 0.25) is 0 Å². The molecule has 0 saturated carbocycles. The average Bonchev–Trinajstić information content (AvgIpc) is 2.33. The zero-order chi connectivity index (χ0) is 18.1. The van der Waals surface area contributed by atoms with E-state index in [9.17, 15) is 9.90 Å². The molecule has 0 amide bonds. The van der Waals surface area contributed by atoms with Crippen LogP contribution in [0.25, 0.3) is 0 Å². The summed E-state index contributed by atoms with van der Waals surface area (Å²) >= 11 is 0. The summed E-state index contributed by atoms with van der Waals surface area (Å²) in [5.74, 6) is -0.0389. The van der Waals surface area contributed by atoms with Gasteiger partial charge in [0.15, 0.2) is 0 Å². The second-order valence-electron chi connectivity index (χ2n) is 8.99. The first kappa shape index (κ1) is 19.5. The molecule has 0 unspecified atom stereocenters. The van der Waals surface area contributed by atoms with Gasteiger partial charge < -0.3 is 9.84 Å². The zero-order valence-electron chi connectivity index (χ0n) is 15.9. The molecule has 3 heteroatoms. The molecule has 1 N–H and O–H groups in total. The number of hydrogen-bond acceptors (Lipinski definition) is 2. The van der Waals surface area contributed by atoms with E-state index in [2.05, 4.69) is 46.8 Å². The van der Waals surface area contributed by atoms with E-state index in [0.717, 1.165) is 17.7 Å². The minimum Gasteiger partial charge on any atom is -0.496 e. The highest BCUT2D eigenvalue weighted by Gasteiger charge is 2.32. The van der Waals surface area contributed by atoms with Gasteiger partial charge in [0.25, 0.3) is 0 Å². The normalized spacial score (nSPS) is 13.0. The lowest BCUT2D eigenvalue weighted by molar-refractivity contribution is -0.138. The number of carboxylic acid groups (broad SMARTS) is 1. The van der Waals surface area contributed by atoms with Crippen LogP contribution in [0.5, 0.6) is 5.75 Å². The molecule has 0 aliphatic rings. The van der Waals surface area contributed by atoms with Crippen LogP contribution in [0.4, 0.5) is 0 Å². The minimum absolute atomic E-state index is 0.0125. The van der Waals surface area contributed by atoms with Crippen LogP contribution >= 0.6 is 0 Å². The van der Waals surface area contributed by atoms with E-state index in [-0.39, 0.29) is 17.3 Å². The van der Waals surface area contributed by atoms with Crippen molar-refractivity contribution in [2.24, 2.45) is 5.41 Å². The molecule has 23 heavy (non-hydrogen) atoms. The van der Waals surface area contributed by atoms with Crippen molar-refractivity contribution in [3.63, 3.8) is 0 Å². The number of ether oxygens (including phenoxy) is 1. The summed E-state index contributed by atoms with van der Waals surface area (Å²) in [6.45, 7) is 15.1. The lowest BCUT2D eigenvalue weighted by Gasteiger charge is -2.34. The summed E-state index contributed by atoms with van der Waals surface area (Å²) in [7, 11) is 1.63. The lowest BCUT2D eigenvalue weighted by atomic mass is 9.70. The van der Waals surface area contributed by atoms with Crippen molar-refractivity contribution in [1.29, 1.82) is 0 Å². The predicted molar refractivity (Wildman–Crippen MR) is 95.4 cm³/mol. The molecule has 0 aliphatic carbocycles. The van der Waals surface area contributed by atoms with E-state index in [0.29, 0.717) is 0 Å². The van der Waals surface area contributed by atoms with Crippen molar-refractivity contribution in [2.45, 2.75) is 72.1 Å². The molecule has 0 spiro atoms. The van der Waals surface area contributed by atoms with Crippen LogP contribution < -0.4 is 4.74 Å². The summed E-state index contributed by atoms with van der Waals surface area (Å²) < 4.78 is 5.49. The first-order valence-electron chi connectivity index (χ1n) is 8.19. The SMILES string of the molecule is COc1ccc(C(C)(C)CC(C)(C)C)cc1C(C)(C)CC(=O)O. The summed E-state index contributed by atoms with van der Waals surface area (Å²) in [5, 5.41) is 9.22. The van der Waals surface area contributed by atoms with Gasteiger partial charge >= 0.3 is 5.97 Å². The highest BCUT2D eigenvalue weighted by molar-refractivity contribution is 5.69. The molecular weight excluding hydrogens is 288 g/mol. The maximum Gasteiger partial charge on any atom is 0.304 e. The molecule has 0 fully saturated rings. The van der Waals surface area contributed by atoms with Gasteiger partial charge in [0.05, 0.1) is 13.5 Å². The molecule has 1 aromatic rings. The number of aliphatic carboxylic acids is 1. The van der Waals surface area contributed by atoms with Crippen LogP contribution in [-0.4, -0.2) is 18.2 Å². The summed E-state index contributed by atoms with van der Waals surface area (Å²) in [5.41, 5.74) is 1.94. The van der Waals surface area contributed by atoms with Crippen molar-refractivity contribution in [3.05, 3.63) is 29.3 Å². The Labute approximate surface area is 141 Å². The average molecular weight is 320 g/mol. The third-order valence-electron chi connectivity index (χ3n) is 4.28. The molecule has 1 rings (SSSR count). The fourth-order valence-corrected chi connectivity index (χ4v) is 3.56. The smallest absolute Gasteiger partial charge is 0.304 e. The minimum atomic E-state index is -0.795. The molecule has 0 heterocycles. The van der Waals surface area contributed by atoms with Crippen molar-refractivity contribution in [1.82, 2.24) is 0 Å². The van der Waals surface area contributed by atoms with Crippen LogP contribution in [0, 0.1) is 5.41 Å². The number of carbonyl (C=O) groups is 1. The van der Waals surface area contributed by atoms with E-state index < -0.39 is 11.4 Å². The van der Waals surface area contributed by atoms with Crippen molar-refractivity contribution < 1.29 is 14.6 Å². The van der Waals surface area contributed by atoms with E-state index >= 15 is 0 Å². The number of benzene rings is 1. The summed E-state index contributed by atoms with van der Waals surface area (Å²) in [6.07, 6.45) is 1.12. The lowest BCUT2D eigenvalue weighted by Crippen LogP contribution is -2.27. The third-order valence-corrected chi connectivity index (χ3v) is 4.28. The Balaban J connectivity index is 3.35. The number of methoxy groups -OCH3 is 1. The van der Waals surface area contributed by atoms with Crippen LogP contribution in [0.3, 0.4) is 0 Å². The molecule has 0 aliphatic heterocycles. The van der Waals surface area contributed by atoms with E-state index in [1.807, 2.05) is 19.9 Å². The summed E-state index contributed by atoms with van der Waals surface area (Å²) in [6, 6.07) is 6.21. The molecule has 0 radical (unpaired) electrons. The van der Waals surface area contributed by atoms with Gasteiger partial charge in [-0.1, -0.05) is 60.6 Å². The molecular formula is C20H32O3. The first-order valence-corrected chi connectivity index (χ1v) is 8.19. The number of carboxylic acids is 1. The van der Waals surface area contributed by atoms with Gasteiger partial charge in [-0.05, 0) is 28.9 Å². The van der Waals surface area contributed by atoms with Crippen LogP contribution in [0.15, 0.2) is 18.2 Å². The monoisotopic (exact) mass is 320 g/mol. The fourth-order valence-electron chi connectivity index (χ4n) is 3.56. The second kappa shape index (κ2) is 6.54. The molecule has 1 aromatic carbocycles. The largest absolute Gasteiger partial charge is 0.496 e. The fraction of sp³-hybridized carbons (Fsp3) is 0.650. The molecule has 0 atom stereocenters. The first-order chi connectivity index (χ1) is 10.3. The van der Waals surface area contributed by atoms with Crippen molar-refractivity contribution in [2.75, 3.05) is 7.11 Å². The Morgan fingerprint density at radius 2 is 1.61 bits per heavy atom. The van der Waals surface area contributed by atoms with Crippen LogP contribution in [0.1, 0.15) is 72.4 Å². The highest BCUT2D eigenvalue weighted by atomic mass is 16.5. The quantitative estimate of drug-likeness (QED) is 0.787. The van der Waals surface area contributed by atoms with E-state index in [4.69, 9.17) is 4.74 Å². The Morgan fingerprint density at radius 1 is 1.04 bits per heavy atom. The zero-order valence-corrected chi connectivity index (χ0v) is 15.9. The maximum atomic E-state index is 11.2. The van der Waals surface area contributed by atoms with Crippen molar-refractivity contribution in [3.8, 4) is 5.75 Å².